The smallest absolute Gasteiger partial charge is 0.178 e. The highest BCUT2D eigenvalue weighted by Crippen LogP contribution is 2.21. The zero-order valence-corrected chi connectivity index (χ0v) is 10.1. The fourth-order valence-electron chi connectivity index (χ4n) is 1.48. The molecule has 0 aliphatic carbocycles. The Hall–Kier alpha value is -1.03. The van der Waals surface area contributed by atoms with Crippen molar-refractivity contribution in [3.05, 3.63) is 23.8 Å². The van der Waals surface area contributed by atoms with Crippen molar-refractivity contribution >= 4 is 15.5 Å². The molecule has 0 radical (unpaired) electrons. The molecule has 4 heteroatoms. The van der Waals surface area contributed by atoms with Crippen LogP contribution in [0.1, 0.15) is 19.4 Å². The first kappa shape index (κ1) is 12.0. The Morgan fingerprint density at radius 1 is 1.33 bits per heavy atom. The summed E-state index contributed by atoms with van der Waals surface area (Å²) >= 11 is 0. The summed E-state index contributed by atoms with van der Waals surface area (Å²) in [4.78, 5) is 0.358. The Kier molecular flexibility index (Phi) is 3.39. The molecule has 0 saturated heterocycles. The average Bonchev–Trinajstić information content (AvgIpc) is 2.06. The summed E-state index contributed by atoms with van der Waals surface area (Å²) in [6.07, 6.45) is 0. The Morgan fingerprint density at radius 3 is 2.47 bits per heavy atom. The summed E-state index contributed by atoms with van der Waals surface area (Å²) in [5.41, 5.74) is 6.83. The van der Waals surface area contributed by atoms with Gasteiger partial charge in [0.25, 0.3) is 0 Å². The van der Waals surface area contributed by atoms with Gasteiger partial charge in [-0.25, -0.2) is 8.42 Å². The Labute approximate surface area is 91.2 Å². The van der Waals surface area contributed by atoms with Crippen LogP contribution >= 0.6 is 0 Å². The second-order valence-electron chi connectivity index (χ2n) is 4.20. The van der Waals surface area contributed by atoms with Gasteiger partial charge in [-0.1, -0.05) is 19.9 Å². The lowest BCUT2D eigenvalue weighted by molar-refractivity contribution is 0.582. The third kappa shape index (κ3) is 2.96. The minimum absolute atomic E-state index is 0.121. The van der Waals surface area contributed by atoms with Crippen molar-refractivity contribution in [2.24, 2.45) is 5.92 Å². The molecule has 0 aliphatic heterocycles. The number of sulfone groups is 1. The van der Waals surface area contributed by atoms with E-state index in [9.17, 15) is 8.42 Å². The zero-order chi connectivity index (χ0) is 11.6. The van der Waals surface area contributed by atoms with Crippen molar-refractivity contribution in [3.63, 3.8) is 0 Å². The second-order valence-corrected chi connectivity index (χ2v) is 6.20. The van der Waals surface area contributed by atoms with Gasteiger partial charge >= 0.3 is 0 Å². The van der Waals surface area contributed by atoms with Crippen LogP contribution in [0.2, 0.25) is 0 Å². The summed E-state index contributed by atoms with van der Waals surface area (Å²) in [6, 6.07) is 4.99. The van der Waals surface area contributed by atoms with Crippen LogP contribution in [-0.2, 0) is 9.84 Å². The van der Waals surface area contributed by atoms with Crippen molar-refractivity contribution < 1.29 is 8.42 Å². The van der Waals surface area contributed by atoms with Gasteiger partial charge in [-0.2, -0.15) is 0 Å². The SMILES string of the molecule is Cc1ccc(N)cc1S(=O)(=O)CC(C)C. The second kappa shape index (κ2) is 4.23. The van der Waals surface area contributed by atoms with Crippen molar-refractivity contribution in [2.45, 2.75) is 25.7 Å². The molecule has 0 heterocycles. The number of hydrogen-bond donors (Lipinski definition) is 1. The van der Waals surface area contributed by atoms with Crippen molar-refractivity contribution in [1.29, 1.82) is 0 Å². The molecule has 1 rings (SSSR count). The van der Waals surface area contributed by atoms with Crippen LogP contribution in [0.4, 0.5) is 5.69 Å². The number of aryl methyl sites for hydroxylation is 1. The summed E-state index contributed by atoms with van der Waals surface area (Å²) in [5.74, 6) is 0.285. The highest BCUT2D eigenvalue weighted by Gasteiger charge is 2.18. The van der Waals surface area contributed by atoms with Gasteiger partial charge in [0.05, 0.1) is 10.6 Å². The van der Waals surface area contributed by atoms with Gasteiger partial charge in [-0.3, -0.25) is 0 Å². The van der Waals surface area contributed by atoms with E-state index >= 15 is 0 Å². The van der Waals surface area contributed by atoms with E-state index in [1.807, 2.05) is 13.8 Å². The van der Waals surface area contributed by atoms with E-state index in [4.69, 9.17) is 5.73 Å². The molecule has 0 amide bonds. The van der Waals surface area contributed by atoms with E-state index in [1.54, 1.807) is 19.1 Å². The van der Waals surface area contributed by atoms with E-state index in [0.717, 1.165) is 5.56 Å². The van der Waals surface area contributed by atoms with E-state index in [0.29, 0.717) is 10.6 Å². The zero-order valence-electron chi connectivity index (χ0n) is 9.32. The maximum atomic E-state index is 12.0. The van der Waals surface area contributed by atoms with Crippen LogP contribution in [0, 0.1) is 12.8 Å². The van der Waals surface area contributed by atoms with Gasteiger partial charge in [-0.15, -0.1) is 0 Å². The summed E-state index contributed by atoms with van der Waals surface area (Å²) in [6.45, 7) is 5.56. The first-order chi connectivity index (χ1) is 6.83. The molecule has 15 heavy (non-hydrogen) atoms. The first-order valence-corrected chi connectivity index (χ1v) is 6.57. The predicted molar refractivity (Wildman–Crippen MR) is 62.5 cm³/mol. The normalized spacial score (nSPS) is 12.0. The third-order valence-corrected chi connectivity index (χ3v) is 4.32. The van der Waals surface area contributed by atoms with Crippen molar-refractivity contribution in [1.82, 2.24) is 0 Å². The number of anilines is 1. The molecule has 3 nitrogen and oxygen atoms in total. The number of nitrogens with two attached hydrogens (primary N) is 1. The highest BCUT2D eigenvalue weighted by molar-refractivity contribution is 7.91. The molecule has 0 aromatic heterocycles. The Balaban J connectivity index is 3.21. The fourth-order valence-corrected chi connectivity index (χ4v) is 3.41. The minimum atomic E-state index is -3.19. The first-order valence-electron chi connectivity index (χ1n) is 4.92. The lowest BCUT2D eigenvalue weighted by Crippen LogP contribution is -2.13. The maximum Gasteiger partial charge on any atom is 0.178 e. The number of nitrogen functional groups attached to an aromatic ring is 1. The monoisotopic (exact) mass is 227 g/mol. The van der Waals surface area contributed by atoms with Crippen LogP contribution in [0.5, 0.6) is 0 Å². The largest absolute Gasteiger partial charge is 0.399 e. The van der Waals surface area contributed by atoms with Crippen LogP contribution in [0.15, 0.2) is 23.1 Å². The van der Waals surface area contributed by atoms with Gasteiger partial charge in [0, 0.05) is 5.69 Å². The molecule has 0 fully saturated rings. The van der Waals surface area contributed by atoms with Gasteiger partial charge in [0.1, 0.15) is 0 Å². The third-order valence-electron chi connectivity index (χ3n) is 2.10. The molecule has 2 N–H and O–H groups in total. The predicted octanol–water partition coefficient (Wildman–Crippen LogP) is 2.01. The van der Waals surface area contributed by atoms with Gasteiger partial charge in [-0.05, 0) is 30.5 Å². The Morgan fingerprint density at radius 2 is 1.93 bits per heavy atom. The van der Waals surface area contributed by atoms with Crippen molar-refractivity contribution in [2.75, 3.05) is 11.5 Å². The molecule has 0 aliphatic rings. The molecule has 1 aromatic rings. The van der Waals surface area contributed by atoms with Crippen LogP contribution in [-0.4, -0.2) is 14.2 Å². The number of benzene rings is 1. The quantitative estimate of drug-likeness (QED) is 0.803. The molecule has 0 unspecified atom stereocenters. The number of rotatable bonds is 3. The summed E-state index contributed by atoms with van der Waals surface area (Å²) in [7, 11) is -3.19. The Bertz CT molecular complexity index is 450. The molecule has 0 spiro atoms. The average molecular weight is 227 g/mol. The molecule has 1 aromatic carbocycles. The van der Waals surface area contributed by atoms with Gasteiger partial charge in [0.2, 0.25) is 0 Å². The molecule has 0 saturated carbocycles. The van der Waals surface area contributed by atoms with Crippen molar-refractivity contribution in [3.8, 4) is 0 Å². The minimum Gasteiger partial charge on any atom is -0.399 e. The molecular weight excluding hydrogens is 210 g/mol. The van der Waals surface area contributed by atoms with Crippen LogP contribution in [0.25, 0.3) is 0 Å². The number of hydrogen-bond acceptors (Lipinski definition) is 3. The van der Waals surface area contributed by atoms with Crippen LogP contribution in [0.3, 0.4) is 0 Å². The van der Waals surface area contributed by atoms with Gasteiger partial charge < -0.3 is 5.73 Å². The van der Waals surface area contributed by atoms with E-state index in [2.05, 4.69) is 0 Å². The van der Waals surface area contributed by atoms with Gasteiger partial charge in [0.15, 0.2) is 9.84 Å². The van der Waals surface area contributed by atoms with E-state index in [-0.39, 0.29) is 11.7 Å². The molecule has 0 bridgehead atoms. The molecule has 84 valence electrons. The lowest BCUT2D eigenvalue weighted by atomic mass is 10.2. The lowest BCUT2D eigenvalue weighted by Gasteiger charge is -2.10. The highest BCUT2D eigenvalue weighted by atomic mass is 32.2. The topological polar surface area (TPSA) is 60.2 Å². The molecular formula is C11H17NO2S. The standard InChI is InChI=1S/C11H17NO2S/c1-8(2)7-15(13,14)11-6-10(12)5-4-9(11)3/h4-6,8H,7,12H2,1-3H3. The summed E-state index contributed by atoms with van der Waals surface area (Å²) in [5, 5.41) is 0. The van der Waals surface area contributed by atoms with E-state index in [1.165, 1.54) is 6.07 Å². The summed E-state index contributed by atoms with van der Waals surface area (Å²) < 4.78 is 23.9. The van der Waals surface area contributed by atoms with E-state index < -0.39 is 9.84 Å². The maximum absolute atomic E-state index is 12.0. The molecule has 0 atom stereocenters. The fraction of sp³-hybridized carbons (Fsp3) is 0.455. The van der Waals surface area contributed by atoms with Crippen LogP contribution < -0.4 is 5.73 Å².